The minimum absolute atomic E-state index is 0.0617. The van der Waals surface area contributed by atoms with Crippen molar-refractivity contribution in [1.82, 2.24) is 0 Å². The van der Waals surface area contributed by atoms with E-state index in [1.165, 1.54) is 0 Å². The first-order valence-electron chi connectivity index (χ1n) is 8.93. The molecule has 2 N–H and O–H groups in total. The molecular formula is C22H25NO4. The third-order valence-corrected chi connectivity index (χ3v) is 4.42. The lowest BCUT2D eigenvalue weighted by Gasteiger charge is -2.19. The van der Waals surface area contributed by atoms with Crippen molar-refractivity contribution in [3.63, 3.8) is 0 Å². The van der Waals surface area contributed by atoms with Gasteiger partial charge in [-0.1, -0.05) is 51.1 Å². The van der Waals surface area contributed by atoms with E-state index in [1.54, 1.807) is 13.2 Å². The number of rotatable bonds is 5. The lowest BCUT2D eigenvalue weighted by molar-refractivity contribution is -0.123. The van der Waals surface area contributed by atoms with Crippen molar-refractivity contribution in [2.24, 2.45) is 5.41 Å². The molecule has 5 heteroatoms. The second-order valence-electron chi connectivity index (χ2n) is 7.53. The van der Waals surface area contributed by atoms with Crippen LogP contribution in [0.1, 0.15) is 20.8 Å². The first-order valence-corrected chi connectivity index (χ1v) is 8.93. The smallest absolute Gasteiger partial charge is 0.229 e. The normalized spacial score (nSPS) is 11.7. The highest BCUT2D eigenvalue weighted by Crippen LogP contribution is 2.43. The molecule has 3 rings (SSSR count). The maximum absolute atomic E-state index is 12.3. The molecule has 0 bridgehead atoms. The summed E-state index contributed by atoms with van der Waals surface area (Å²) in [6.07, 6.45) is 0. The van der Waals surface area contributed by atoms with E-state index >= 15 is 0 Å². The average molecular weight is 367 g/mol. The van der Waals surface area contributed by atoms with Gasteiger partial charge in [0, 0.05) is 29.0 Å². The van der Waals surface area contributed by atoms with Gasteiger partial charge in [-0.15, -0.1) is 0 Å². The molecule has 0 atom stereocenters. The molecule has 0 aliphatic heterocycles. The van der Waals surface area contributed by atoms with Gasteiger partial charge in [0.1, 0.15) is 6.61 Å². The van der Waals surface area contributed by atoms with E-state index in [0.29, 0.717) is 30.0 Å². The standard InChI is InChI=1S/C22H25NO4/c1-22(2,3)21(25)23-14-9-10-16-15-7-5-6-8-17(15)20(27-12-11-26-4)19(24)18(16)13-14/h5-10,13,24H,11-12H2,1-4H3,(H,23,25). The molecule has 5 nitrogen and oxygen atoms in total. The summed E-state index contributed by atoms with van der Waals surface area (Å²) in [5, 5.41) is 17.1. The summed E-state index contributed by atoms with van der Waals surface area (Å²) >= 11 is 0. The number of nitrogens with one attached hydrogen (secondary N) is 1. The molecular weight excluding hydrogens is 342 g/mol. The van der Waals surface area contributed by atoms with Gasteiger partial charge in [-0.25, -0.2) is 0 Å². The van der Waals surface area contributed by atoms with Crippen LogP contribution in [-0.4, -0.2) is 31.3 Å². The van der Waals surface area contributed by atoms with Crippen LogP contribution in [0.3, 0.4) is 0 Å². The summed E-state index contributed by atoms with van der Waals surface area (Å²) in [4.78, 5) is 12.3. The topological polar surface area (TPSA) is 67.8 Å². The van der Waals surface area contributed by atoms with E-state index in [9.17, 15) is 9.90 Å². The quantitative estimate of drug-likeness (QED) is 0.506. The van der Waals surface area contributed by atoms with Crippen LogP contribution in [0, 0.1) is 5.41 Å². The van der Waals surface area contributed by atoms with Crippen molar-refractivity contribution in [3.8, 4) is 11.5 Å². The Labute approximate surface area is 158 Å². The molecule has 27 heavy (non-hydrogen) atoms. The molecule has 0 saturated heterocycles. The summed E-state index contributed by atoms with van der Waals surface area (Å²) in [5.41, 5.74) is 0.130. The van der Waals surface area contributed by atoms with Gasteiger partial charge in [0.15, 0.2) is 11.5 Å². The largest absolute Gasteiger partial charge is 0.504 e. The highest BCUT2D eigenvalue weighted by Gasteiger charge is 2.22. The highest BCUT2D eigenvalue weighted by molar-refractivity contribution is 6.14. The van der Waals surface area contributed by atoms with Crippen LogP contribution in [0.5, 0.6) is 11.5 Å². The van der Waals surface area contributed by atoms with E-state index < -0.39 is 5.41 Å². The molecule has 0 heterocycles. The molecule has 142 valence electrons. The van der Waals surface area contributed by atoms with Gasteiger partial charge in [0.25, 0.3) is 0 Å². The fourth-order valence-electron chi connectivity index (χ4n) is 2.91. The lowest BCUT2D eigenvalue weighted by Crippen LogP contribution is -2.27. The predicted octanol–water partition coefficient (Wildman–Crippen LogP) is 4.71. The molecule has 0 radical (unpaired) electrons. The van der Waals surface area contributed by atoms with E-state index in [2.05, 4.69) is 5.32 Å². The number of amides is 1. The summed E-state index contributed by atoms with van der Waals surface area (Å²) < 4.78 is 10.9. The average Bonchev–Trinajstić information content (AvgIpc) is 2.64. The van der Waals surface area contributed by atoms with Crippen molar-refractivity contribution >= 4 is 33.1 Å². The maximum atomic E-state index is 12.3. The molecule has 1 amide bonds. The van der Waals surface area contributed by atoms with Crippen LogP contribution in [0.4, 0.5) is 5.69 Å². The highest BCUT2D eigenvalue weighted by atomic mass is 16.5. The predicted molar refractivity (Wildman–Crippen MR) is 109 cm³/mol. The van der Waals surface area contributed by atoms with E-state index in [-0.39, 0.29) is 11.7 Å². The third kappa shape index (κ3) is 3.83. The summed E-state index contributed by atoms with van der Waals surface area (Å²) in [7, 11) is 1.60. The van der Waals surface area contributed by atoms with Gasteiger partial charge in [-0.3, -0.25) is 4.79 Å². The Bertz CT molecular complexity index is 989. The summed E-state index contributed by atoms with van der Waals surface area (Å²) in [6.45, 7) is 6.33. The maximum Gasteiger partial charge on any atom is 0.229 e. The number of phenols is 1. The van der Waals surface area contributed by atoms with Gasteiger partial charge in [-0.05, 0) is 22.9 Å². The van der Waals surface area contributed by atoms with Crippen molar-refractivity contribution < 1.29 is 19.4 Å². The molecule has 0 unspecified atom stereocenters. The second-order valence-corrected chi connectivity index (χ2v) is 7.53. The number of aromatic hydroxyl groups is 1. The Balaban J connectivity index is 2.13. The van der Waals surface area contributed by atoms with Crippen LogP contribution >= 0.6 is 0 Å². The Kier molecular flexibility index (Phi) is 5.24. The zero-order valence-corrected chi connectivity index (χ0v) is 16.1. The number of benzene rings is 3. The minimum Gasteiger partial charge on any atom is -0.504 e. The van der Waals surface area contributed by atoms with Gasteiger partial charge >= 0.3 is 0 Å². The number of carbonyl (C=O) groups excluding carboxylic acids is 1. The first kappa shape index (κ1) is 19.0. The molecule has 0 saturated carbocycles. The Morgan fingerprint density at radius 3 is 2.33 bits per heavy atom. The van der Waals surface area contributed by atoms with Gasteiger partial charge in [0.2, 0.25) is 5.91 Å². The minimum atomic E-state index is -0.505. The second kappa shape index (κ2) is 7.45. The molecule has 0 aliphatic rings. The molecule has 3 aromatic rings. The third-order valence-electron chi connectivity index (χ3n) is 4.42. The SMILES string of the molecule is COCCOc1c(O)c2cc(NC(=O)C(C)(C)C)ccc2c2ccccc12. The molecule has 0 aliphatic carbocycles. The molecule has 0 fully saturated rings. The van der Waals surface area contributed by atoms with E-state index in [4.69, 9.17) is 9.47 Å². The van der Waals surface area contributed by atoms with Gasteiger partial charge in [0.05, 0.1) is 6.61 Å². The number of ether oxygens (including phenoxy) is 2. The van der Waals surface area contributed by atoms with E-state index in [0.717, 1.165) is 16.2 Å². The fourth-order valence-corrected chi connectivity index (χ4v) is 2.91. The summed E-state index contributed by atoms with van der Waals surface area (Å²) in [5.74, 6) is 0.403. The van der Waals surface area contributed by atoms with Crippen LogP contribution in [0.2, 0.25) is 0 Å². The van der Waals surface area contributed by atoms with Gasteiger partial charge < -0.3 is 19.9 Å². The first-order chi connectivity index (χ1) is 12.8. The van der Waals surface area contributed by atoms with Crippen molar-refractivity contribution in [3.05, 3.63) is 42.5 Å². The number of anilines is 1. The molecule has 3 aromatic carbocycles. The zero-order chi connectivity index (χ0) is 19.6. The Morgan fingerprint density at radius 2 is 1.67 bits per heavy atom. The van der Waals surface area contributed by atoms with Crippen LogP contribution in [0.25, 0.3) is 21.5 Å². The van der Waals surface area contributed by atoms with Crippen LogP contribution in [0.15, 0.2) is 42.5 Å². The van der Waals surface area contributed by atoms with Crippen LogP contribution in [-0.2, 0) is 9.53 Å². The number of methoxy groups -OCH3 is 1. The van der Waals surface area contributed by atoms with Crippen LogP contribution < -0.4 is 10.1 Å². The molecule has 0 spiro atoms. The van der Waals surface area contributed by atoms with Crippen molar-refractivity contribution in [2.75, 3.05) is 25.6 Å². The number of carbonyl (C=O) groups is 1. The monoisotopic (exact) mass is 367 g/mol. The number of fused-ring (bicyclic) bond motifs is 3. The molecule has 0 aromatic heterocycles. The Morgan fingerprint density at radius 1 is 1.00 bits per heavy atom. The van der Waals surface area contributed by atoms with Crippen molar-refractivity contribution in [2.45, 2.75) is 20.8 Å². The van der Waals surface area contributed by atoms with Gasteiger partial charge in [-0.2, -0.15) is 0 Å². The fraction of sp³-hybridized carbons (Fsp3) is 0.318. The Hall–Kier alpha value is -2.79. The zero-order valence-electron chi connectivity index (χ0n) is 16.1. The lowest BCUT2D eigenvalue weighted by atomic mass is 9.95. The summed E-state index contributed by atoms with van der Waals surface area (Å²) in [6, 6.07) is 13.3. The number of hydrogen-bond donors (Lipinski definition) is 2. The van der Waals surface area contributed by atoms with E-state index in [1.807, 2.05) is 57.2 Å². The van der Waals surface area contributed by atoms with Crippen molar-refractivity contribution in [1.29, 1.82) is 0 Å². The number of phenolic OH excluding ortho intramolecular Hbond substituents is 1. The number of hydrogen-bond acceptors (Lipinski definition) is 4.